The molecule has 0 saturated carbocycles. The molecule has 0 amide bonds. The van der Waals surface area contributed by atoms with Crippen molar-refractivity contribution in [3.8, 4) is 0 Å². The number of hydrogen-bond acceptors (Lipinski definition) is 4. The lowest BCUT2D eigenvalue weighted by atomic mass is 9.88. The second kappa shape index (κ2) is 10.2. The SMILES string of the molecule is Cc1nnc(CN=C(NCc2cccs2)NC2CCc3ccccc3C2)n1C.I. The van der Waals surface area contributed by atoms with E-state index in [1.54, 1.807) is 11.3 Å². The maximum absolute atomic E-state index is 4.79. The summed E-state index contributed by atoms with van der Waals surface area (Å²) in [7, 11) is 1.98. The van der Waals surface area contributed by atoms with Crippen molar-refractivity contribution in [1.82, 2.24) is 25.4 Å². The van der Waals surface area contributed by atoms with E-state index in [-0.39, 0.29) is 24.0 Å². The van der Waals surface area contributed by atoms with Gasteiger partial charge in [0.15, 0.2) is 11.8 Å². The minimum Gasteiger partial charge on any atom is -0.353 e. The predicted octanol–water partition coefficient (Wildman–Crippen LogP) is 3.60. The highest BCUT2D eigenvalue weighted by atomic mass is 127. The number of thiophene rings is 1. The zero-order valence-corrected chi connectivity index (χ0v) is 19.9. The Hall–Kier alpha value is -1.94. The van der Waals surface area contributed by atoms with E-state index < -0.39 is 0 Å². The second-order valence-corrected chi connectivity index (χ2v) is 8.21. The predicted molar refractivity (Wildman–Crippen MR) is 129 cm³/mol. The van der Waals surface area contributed by atoms with Gasteiger partial charge in [-0.3, -0.25) is 0 Å². The number of nitrogens with zero attached hydrogens (tertiary/aromatic N) is 4. The molecular formula is C21H27IN6S. The van der Waals surface area contributed by atoms with Crippen molar-refractivity contribution < 1.29 is 0 Å². The molecule has 2 N–H and O–H groups in total. The van der Waals surface area contributed by atoms with Crippen LogP contribution in [0.4, 0.5) is 0 Å². The highest BCUT2D eigenvalue weighted by molar-refractivity contribution is 14.0. The van der Waals surface area contributed by atoms with E-state index in [9.17, 15) is 0 Å². The van der Waals surface area contributed by atoms with Gasteiger partial charge in [0.05, 0.1) is 6.54 Å². The van der Waals surface area contributed by atoms with Crippen LogP contribution in [0.15, 0.2) is 46.8 Å². The number of aliphatic imine (C=N–C) groups is 1. The second-order valence-electron chi connectivity index (χ2n) is 7.17. The van der Waals surface area contributed by atoms with E-state index >= 15 is 0 Å². The molecule has 2 aromatic heterocycles. The van der Waals surface area contributed by atoms with Crippen LogP contribution in [0.3, 0.4) is 0 Å². The van der Waals surface area contributed by atoms with Gasteiger partial charge in [0.25, 0.3) is 0 Å². The van der Waals surface area contributed by atoms with Crippen LogP contribution in [-0.2, 0) is 33.0 Å². The van der Waals surface area contributed by atoms with E-state index in [0.717, 1.165) is 43.4 Å². The molecule has 0 spiro atoms. The number of benzene rings is 1. The van der Waals surface area contributed by atoms with Gasteiger partial charge in [0, 0.05) is 18.0 Å². The molecule has 1 aliphatic rings. The highest BCUT2D eigenvalue weighted by Crippen LogP contribution is 2.21. The third-order valence-electron chi connectivity index (χ3n) is 5.26. The van der Waals surface area contributed by atoms with Gasteiger partial charge in [0.1, 0.15) is 12.4 Å². The van der Waals surface area contributed by atoms with Crippen molar-refractivity contribution in [2.75, 3.05) is 0 Å². The van der Waals surface area contributed by atoms with Crippen LogP contribution in [0.2, 0.25) is 0 Å². The largest absolute Gasteiger partial charge is 0.353 e. The number of guanidine groups is 1. The van der Waals surface area contributed by atoms with Crippen molar-refractivity contribution in [2.45, 2.75) is 45.3 Å². The minimum absolute atomic E-state index is 0. The summed E-state index contributed by atoms with van der Waals surface area (Å²) in [6.07, 6.45) is 3.24. The molecule has 0 bridgehead atoms. The summed E-state index contributed by atoms with van der Waals surface area (Å²) in [6, 6.07) is 13.3. The Kier molecular flexibility index (Phi) is 7.65. The Balaban J connectivity index is 0.00000240. The molecule has 8 heteroatoms. The van der Waals surface area contributed by atoms with Gasteiger partial charge in [-0.2, -0.15) is 0 Å². The van der Waals surface area contributed by atoms with Crippen LogP contribution >= 0.6 is 35.3 Å². The van der Waals surface area contributed by atoms with E-state index in [1.165, 1.54) is 16.0 Å². The average molecular weight is 522 g/mol. The van der Waals surface area contributed by atoms with Gasteiger partial charge in [-0.15, -0.1) is 45.5 Å². The first-order chi connectivity index (χ1) is 13.7. The minimum atomic E-state index is 0. The first-order valence-corrected chi connectivity index (χ1v) is 10.6. The number of fused-ring (bicyclic) bond motifs is 1. The zero-order valence-electron chi connectivity index (χ0n) is 16.8. The van der Waals surface area contributed by atoms with E-state index in [0.29, 0.717) is 12.6 Å². The van der Waals surface area contributed by atoms with Crippen LogP contribution in [-0.4, -0.2) is 26.8 Å². The molecule has 4 rings (SSSR count). The van der Waals surface area contributed by atoms with Crippen molar-refractivity contribution in [3.63, 3.8) is 0 Å². The summed E-state index contributed by atoms with van der Waals surface area (Å²) >= 11 is 1.75. The van der Waals surface area contributed by atoms with Gasteiger partial charge in [-0.05, 0) is 48.8 Å². The Morgan fingerprint density at radius 2 is 2.03 bits per heavy atom. The maximum atomic E-state index is 4.79. The smallest absolute Gasteiger partial charge is 0.192 e. The number of rotatable bonds is 5. The zero-order chi connectivity index (χ0) is 19.3. The van der Waals surface area contributed by atoms with Crippen LogP contribution in [0.25, 0.3) is 0 Å². The fraction of sp³-hybridized carbons (Fsp3) is 0.381. The highest BCUT2D eigenvalue weighted by Gasteiger charge is 2.19. The number of nitrogens with one attached hydrogen (secondary N) is 2. The summed E-state index contributed by atoms with van der Waals surface area (Å²) in [6.45, 7) is 3.22. The number of hydrogen-bond donors (Lipinski definition) is 2. The van der Waals surface area contributed by atoms with Gasteiger partial charge in [0.2, 0.25) is 0 Å². The van der Waals surface area contributed by atoms with Crippen molar-refractivity contribution >= 4 is 41.3 Å². The third kappa shape index (κ3) is 5.57. The van der Waals surface area contributed by atoms with Crippen molar-refractivity contribution in [3.05, 3.63) is 69.4 Å². The summed E-state index contributed by atoms with van der Waals surface area (Å²) < 4.78 is 1.98. The molecule has 2 heterocycles. The quantitative estimate of drug-likeness (QED) is 0.306. The van der Waals surface area contributed by atoms with Gasteiger partial charge in [-0.25, -0.2) is 4.99 Å². The average Bonchev–Trinajstić information content (AvgIpc) is 3.35. The van der Waals surface area contributed by atoms with Crippen molar-refractivity contribution in [2.24, 2.45) is 12.0 Å². The van der Waals surface area contributed by atoms with E-state index in [2.05, 4.69) is 62.6 Å². The molecule has 1 unspecified atom stereocenters. The Morgan fingerprint density at radius 1 is 1.21 bits per heavy atom. The lowest BCUT2D eigenvalue weighted by molar-refractivity contribution is 0.519. The normalized spacial score (nSPS) is 16.1. The summed E-state index contributed by atoms with van der Waals surface area (Å²) in [5.74, 6) is 2.59. The summed E-state index contributed by atoms with van der Waals surface area (Å²) in [4.78, 5) is 6.08. The Labute approximate surface area is 192 Å². The number of halogens is 1. The molecule has 0 saturated heterocycles. The molecule has 0 aliphatic heterocycles. The van der Waals surface area contributed by atoms with E-state index in [1.807, 2.05) is 18.5 Å². The number of aryl methyl sites for hydroxylation is 2. The first-order valence-electron chi connectivity index (χ1n) is 9.68. The summed E-state index contributed by atoms with van der Waals surface area (Å²) in [5.41, 5.74) is 2.91. The van der Waals surface area contributed by atoms with Crippen LogP contribution in [0.5, 0.6) is 0 Å². The fourth-order valence-corrected chi connectivity index (χ4v) is 4.13. The summed E-state index contributed by atoms with van der Waals surface area (Å²) in [5, 5.41) is 17.6. The first kappa shape index (κ1) is 21.8. The van der Waals surface area contributed by atoms with Crippen LogP contribution in [0.1, 0.15) is 34.1 Å². The maximum Gasteiger partial charge on any atom is 0.192 e. The van der Waals surface area contributed by atoms with Gasteiger partial charge in [-0.1, -0.05) is 30.3 Å². The van der Waals surface area contributed by atoms with E-state index in [4.69, 9.17) is 4.99 Å². The lowest BCUT2D eigenvalue weighted by Crippen LogP contribution is -2.45. The molecular weight excluding hydrogens is 495 g/mol. The molecule has 1 aromatic carbocycles. The molecule has 154 valence electrons. The molecule has 6 nitrogen and oxygen atoms in total. The third-order valence-corrected chi connectivity index (χ3v) is 6.14. The molecule has 0 radical (unpaired) electrons. The Bertz CT molecular complexity index is 950. The van der Waals surface area contributed by atoms with Crippen molar-refractivity contribution in [1.29, 1.82) is 0 Å². The fourth-order valence-electron chi connectivity index (χ4n) is 3.49. The molecule has 0 fully saturated rings. The topological polar surface area (TPSA) is 67.1 Å². The molecule has 1 atom stereocenters. The monoisotopic (exact) mass is 522 g/mol. The Morgan fingerprint density at radius 3 is 2.76 bits per heavy atom. The molecule has 29 heavy (non-hydrogen) atoms. The van der Waals surface area contributed by atoms with Gasteiger partial charge < -0.3 is 15.2 Å². The van der Waals surface area contributed by atoms with Gasteiger partial charge >= 0.3 is 0 Å². The standard InChI is InChI=1S/C21H26N6S.HI/c1-15-25-26-20(27(15)2)14-23-21(22-13-19-8-5-11-28-19)24-18-10-9-16-6-3-4-7-17(16)12-18;/h3-8,11,18H,9-10,12-14H2,1-2H3,(H2,22,23,24);1H. The molecule has 1 aliphatic carbocycles. The van der Waals surface area contributed by atoms with Crippen LogP contribution in [0, 0.1) is 6.92 Å². The van der Waals surface area contributed by atoms with Crippen LogP contribution < -0.4 is 10.6 Å². The lowest BCUT2D eigenvalue weighted by Gasteiger charge is -2.27. The molecule has 3 aromatic rings. The number of aromatic nitrogens is 3.